The third-order valence-electron chi connectivity index (χ3n) is 3.45. The van der Waals surface area contributed by atoms with Crippen LogP contribution in [0.3, 0.4) is 0 Å². The van der Waals surface area contributed by atoms with Gasteiger partial charge in [-0.05, 0) is 37.4 Å². The first-order valence-electron chi connectivity index (χ1n) is 7.56. The SMILES string of the molecule is CCN(CC)c1ccc(C=NNC(=O)Cc2cccs2)c(O)c1. The smallest absolute Gasteiger partial charge is 0.245 e. The van der Waals surface area contributed by atoms with Gasteiger partial charge in [-0.1, -0.05) is 6.07 Å². The molecule has 1 aromatic heterocycles. The topological polar surface area (TPSA) is 64.9 Å². The number of nitrogens with one attached hydrogen (secondary N) is 1. The van der Waals surface area contributed by atoms with Crippen LogP contribution in [0.1, 0.15) is 24.3 Å². The molecule has 5 nitrogen and oxygen atoms in total. The van der Waals surface area contributed by atoms with Gasteiger partial charge in [0.15, 0.2) is 0 Å². The van der Waals surface area contributed by atoms with Crippen molar-refractivity contribution in [1.82, 2.24) is 5.43 Å². The lowest BCUT2D eigenvalue weighted by molar-refractivity contribution is -0.120. The third kappa shape index (κ3) is 4.82. The molecule has 1 aromatic carbocycles. The Bertz CT molecular complexity index is 664. The number of hydrogen-bond acceptors (Lipinski definition) is 5. The third-order valence-corrected chi connectivity index (χ3v) is 4.33. The molecule has 0 unspecified atom stereocenters. The van der Waals surface area contributed by atoms with E-state index in [0.717, 1.165) is 23.7 Å². The van der Waals surface area contributed by atoms with E-state index in [1.807, 2.05) is 23.6 Å². The van der Waals surface area contributed by atoms with Gasteiger partial charge >= 0.3 is 0 Å². The summed E-state index contributed by atoms with van der Waals surface area (Å²) in [4.78, 5) is 14.9. The number of hydrazone groups is 1. The summed E-state index contributed by atoms with van der Waals surface area (Å²) in [5.41, 5.74) is 4.00. The molecule has 122 valence electrons. The minimum atomic E-state index is -0.178. The number of carbonyl (C=O) groups excluding carboxylic acids is 1. The number of rotatable bonds is 7. The van der Waals surface area contributed by atoms with Crippen molar-refractivity contribution in [1.29, 1.82) is 0 Å². The van der Waals surface area contributed by atoms with E-state index >= 15 is 0 Å². The van der Waals surface area contributed by atoms with Crippen LogP contribution in [-0.2, 0) is 11.2 Å². The molecule has 2 N–H and O–H groups in total. The second-order valence-corrected chi connectivity index (χ2v) is 6.00. The zero-order chi connectivity index (χ0) is 16.7. The Morgan fingerprint density at radius 3 is 2.74 bits per heavy atom. The summed E-state index contributed by atoms with van der Waals surface area (Å²) in [7, 11) is 0. The van der Waals surface area contributed by atoms with Crippen LogP contribution in [-0.4, -0.2) is 30.3 Å². The Morgan fingerprint density at radius 2 is 2.13 bits per heavy atom. The average Bonchev–Trinajstić information content (AvgIpc) is 3.03. The highest BCUT2D eigenvalue weighted by molar-refractivity contribution is 7.10. The Balaban J connectivity index is 1.95. The average molecular weight is 331 g/mol. The zero-order valence-electron chi connectivity index (χ0n) is 13.3. The van der Waals surface area contributed by atoms with Crippen LogP contribution < -0.4 is 10.3 Å². The molecule has 1 amide bonds. The second kappa shape index (κ2) is 8.33. The molecule has 0 fully saturated rings. The number of carbonyl (C=O) groups is 1. The molecule has 0 spiro atoms. The summed E-state index contributed by atoms with van der Waals surface area (Å²) in [6, 6.07) is 9.25. The van der Waals surface area contributed by atoms with Gasteiger partial charge in [-0.15, -0.1) is 11.3 Å². The molecule has 0 bridgehead atoms. The van der Waals surface area contributed by atoms with Gasteiger partial charge in [0.25, 0.3) is 0 Å². The van der Waals surface area contributed by atoms with Gasteiger partial charge < -0.3 is 10.0 Å². The van der Waals surface area contributed by atoms with E-state index < -0.39 is 0 Å². The molecule has 2 aromatic rings. The molecule has 0 aliphatic rings. The van der Waals surface area contributed by atoms with E-state index in [1.54, 1.807) is 12.1 Å². The van der Waals surface area contributed by atoms with Gasteiger partial charge in [0, 0.05) is 35.3 Å². The number of phenols is 1. The van der Waals surface area contributed by atoms with Crippen LogP contribution in [0.5, 0.6) is 5.75 Å². The quantitative estimate of drug-likeness (QED) is 0.605. The number of amides is 1. The van der Waals surface area contributed by atoms with Crippen molar-refractivity contribution in [3.8, 4) is 5.75 Å². The van der Waals surface area contributed by atoms with Crippen molar-refractivity contribution in [2.45, 2.75) is 20.3 Å². The van der Waals surface area contributed by atoms with Gasteiger partial charge in [-0.3, -0.25) is 4.79 Å². The predicted molar refractivity (Wildman–Crippen MR) is 95.4 cm³/mol. The first kappa shape index (κ1) is 17.0. The number of thiophene rings is 1. The van der Waals surface area contributed by atoms with Crippen LogP contribution in [0.2, 0.25) is 0 Å². The van der Waals surface area contributed by atoms with E-state index in [1.165, 1.54) is 17.6 Å². The van der Waals surface area contributed by atoms with E-state index in [4.69, 9.17) is 0 Å². The van der Waals surface area contributed by atoms with Crippen LogP contribution in [0, 0.1) is 0 Å². The van der Waals surface area contributed by atoms with Crippen molar-refractivity contribution >= 4 is 29.1 Å². The van der Waals surface area contributed by atoms with Crippen molar-refractivity contribution < 1.29 is 9.90 Å². The Hall–Kier alpha value is -2.34. The number of nitrogens with zero attached hydrogens (tertiary/aromatic N) is 2. The molecular weight excluding hydrogens is 310 g/mol. The first-order valence-corrected chi connectivity index (χ1v) is 8.44. The van der Waals surface area contributed by atoms with Crippen molar-refractivity contribution in [2.24, 2.45) is 5.10 Å². The fourth-order valence-corrected chi connectivity index (χ4v) is 2.91. The lowest BCUT2D eigenvalue weighted by Gasteiger charge is -2.21. The fourth-order valence-electron chi connectivity index (χ4n) is 2.21. The molecule has 0 saturated heterocycles. The molecular formula is C17H21N3O2S. The normalized spacial score (nSPS) is 10.9. The zero-order valence-corrected chi connectivity index (χ0v) is 14.1. The van der Waals surface area contributed by atoms with Gasteiger partial charge in [-0.25, -0.2) is 5.43 Å². The predicted octanol–water partition coefficient (Wildman–Crippen LogP) is 2.99. The molecule has 23 heavy (non-hydrogen) atoms. The molecule has 6 heteroatoms. The number of benzene rings is 1. The summed E-state index contributed by atoms with van der Waals surface area (Å²) in [5.74, 6) is -0.0337. The van der Waals surface area contributed by atoms with Gasteiger partial charge in [-0.2, -0.15) is 5.10 Å². The second-order valence-electron chi connectivity index (χ2n) is 4.96. The highest BCUT2D eigenvalue weighted by atomic mass is 32.1. The molecule has 0 aliphatic heterocycles. The van der Waals surface area contributed by atoms with Gasteiger partial charge in [0.1, 0.15) is 5.75 Å². The van der Waals surface area contributed by atoms with E-state index in [-0.39, 0.29) is 11.7 Å². The van der Waals surface area contributed by atoms with E-state index in [0.29, 0.717) is 12.0 Å². The summed E-state index contributed by atoms with van der Waals surface area (Å²) in [5, 5.41) is 15.9. The summed E-state index contributed by atoms with van der Waals surface area (Å²) in [6.07, 6.45) is 1.76. The summed E-state index contributed by atoms with van der Waals surface area (Å²) >= 11 is 1.53. The van der Waals surface area contributed by atoms with Crippen LogP contribution in [0.4, 0.5) is 5.69 Å². The standard InChI is InChI=1S/C17H21N3O2S/c1-3-20(4-2)14-8-7-13(16(21)10-14)12-18-19-17(22)11-15-6-5-9-23-15/h5-10,12,21H,3-4,11H2,1-2H3,(H,19,22). The number of phenolic OH excluding ortho intramolecular Hbond substituents is 1. The summed E-state index contributed by atoms with van der Waals surface area (Å²) in [6.45, 7) is 5.89. The highest BCUT2D eigenvalue weighted by Gasteiger charge is 2.06. The maximum atomic E-state index is 11.7. The van der Waals surface area contributed by atoms with Crippen LogP contribution in [0.15, 0.2) is 40.8 Å². The molecule has 1 heterocycles. The largest absolute Gasteiger partial charge is 0.507 e. The lowest BCUT2D eigenvalue weighted by Crippen LogP contribution is -2.21. The van der Waals surface area contributed by atoms with Gasteiger partial charge in [0.2, 0.25) is 5.91 Å². The van der Waals surface area contributed by atoms with E-state index in [2.05, 4.69) is 29.3 Å². The fraction of sp³-hybridized carbons (Fsp3) is 0.294. The summed E-state index contributed by atoms with van der Waals surface area (Å²) < 4.78 is 0. The minimum Gasteiger partial charge on any atom is -0.507 e. The van der Waals surface area contributed by atoms with E-state index in [9.17, 15) is 9.90 Å². The molecule has 0 aliphatic carbocycles. The number of hydrogen-bond donors (Lipinski definition) is 2. The van der Waals surface area contributed by atoms with Crippen molar-refractivity contribution in [3.63, 3.8) is 0 Å². The maximum Gasteiger partial charge on any atom is 0.245 e. The highest BCUT2D eigenvalue weighted by Crippen LogP contribution is 2.23. The monoisotopic (exact) mass is 331 g/mol. The van der Waals surface area contributed by atoms with Crippen LogP contribution >= 0.6 is 11.3 Å². The Morgan fingerprint density at radius 1 is 1.35 bits per heavy atom. The minimum absolute atomic E-state index is 0.144. The van der Waals surface area contributed by atoms with Crippen molar-refractivity contribution in [2.75, 3.05) is 18.0 Å². The maximum absolute atomic E-state index is 11.7. The first-order chi connectivity index (χ1) is 11.1. The molecule has 0 radical (unpaired) electrons. The Kier molecular flexibility index (Phi) is 6.17. The molecule has 0 atom stereocenters. The lowest BCUT2D eigenvalue weighted by atomic mass is 10.2. The number of anilines is 1. The number of aromatic hydroxyl groups is 1. The van der Waals surface area contributed by atoms with Gasteiger partial charge in [0.05, 0.1) is 12.6 Å². The molecule has 2 rings (SSSR count). The van der Waals surface area contributed by atoms with Crippen LogP contribution in [0.25, 0.3) is 0 Å². The van der Waals surface area contributed by atoms with Crippen molar-refractivity contribution in [3.05, 3.63) is 46.2 Å². The Labute approximate surface area is 140 Å². The molecule has 0 saturated carbocycles.